The second-order valence-corrected chi connectivity index (χ2v) is 7.34. The van der Waals surface area contributed by atoms with Gasteiger partial charge in [0.2, 0.25) is 5.91 Å². The van der Waals surface area contributed by atoms with Crippen molar-refractivity contribution in [2.24, 2.45) is 0 Å². The average molecular weight is 405 g/mol. The van der Waals surface area contributed by atoms with Crippen LogP contribution in [0.25, 0.3) is 0 Å². The molecule has 0 aromatic carbocycles. The summed E-state index contributed by atoms with van der Waals surface area (Å²) in [6, 6.07) is 3.09. The van der Waals surface area contributed by atoms with E-state index in [9.17, 15) is 14.9 Å². The van der Waals surface area contributed by atoms with Gasteiger partial charge < -0.3 is 14.5 Å². The minimum absolute atomic E-state index is 0.0288. The Morgan fingerprint density at radius 3 is 2.71 bits per heavy atom. The topological polar surface area (TPSA) is 102 Å². The van der Waals surface area contributed by atoms with E-state index in [1.807, 2.05) is 29.0 Å². The van der Waals surface area contributed by atoms with E-state index in [2.05, 4.69) is 9.97 Å². The van der Waals surface area contributed by atoms with Crippen molar-refractivity contribution in [3.63, 3.8) is 0 Å². The number of hydrogen-bond donors (Lipinski definition) is 0. The lowest BCUT2D eigenvalue weighted by Gasteiger charge is -2.35. The number of ether oxygens (including phenoxy) is 1. The van der Waals surface area contributed by atoms with Crippen LogP contribution in [0.2, 0.25) is 0 Å². The van der Waals surface area contributed by atoms with E-state index in [0.29, 0.717) is 38.6 Å². The van der Waals surface area contributed by atoms with Crippen LogP contribution >= 0.6 is 11.3 Å². The van der Waals surface area contributed by atoms with E-state index < -0.39 is 4.92 Å². The second kappa shape index (κ2) is 9.07. The Morgan fingerprint density at radius 2 is 2.11 bits per heavy atom. The number of anilines is 1. The van der Waals surface area contributed by atoms with Crippen molar-refractivity contribution in [3.05, 3.63) is 44.5 Å². The molecule has 2 aromatic heterocycles. The summed E-state index contributed by atoms with van der Waals surface area (Å²) in [6.07, 6.45) is 1.48. The fourth-order valence-electron chi connectivity index (χ4n) is 3.04. The summed E-state index contributed by atoms with van der Waals surface area (Å²) >= 11 is 1.52. The van der Waals surface area contributed by atoms with Crippen LogP contribution in [0.4, 0.5) is 11.5 Å². The largest absolute Gasteiger partial charge is 0.372 e. The van der Waals surface area contributed by atoms with Gasteiger partial charge >= 0.3 is 0 Å². The highest BCUT2D eigenvalue weighted by molar-refractivity contribution is 7.09. The highest BCUT2D eigenvalue weighted by Gasteiger charge is 2.23. The third kappa shape index (κ3) is 4.82. The van der Waals surface area contributed by atoms with E-state index in [1.54, 1.807) is 6.07 Å². The molecule has 0 saturated carbocycles. The Morgan fingerprint density at radius 1 is 1.36 bits per heavy atom. The van der Waals surface area contributed by atoms with Gasteiger partial charge in [-0.1, -0.05) is 0 Å². The van der Waals surface area contributed by atoms with Crippen LogP contribution < -0.4 is 4.90 Å². The predicted octanol–water partition coefficient (Wildman–Crippen LogP) is 2.44. The van der Waals surface area contributed by atoms with Crippen LogP contribution in [-0.4, -0.2) is 58.5 Å². The molecule has 1 aliphatic heterocycles. The van der Waals surface area contributed by atoms with Crippen LogP contribution in [0.1, 0.15) is 30.7 Å². The minimum atomic E-state index is -0.466. The standard InChI is InChI=1S/C18H23N5O4S/c1-3-27-13(2)18-20-14(12-28-18)10-17(24)22-8-6-21(7-9-22)16-5-4-15(11-19-16)23(25)26/h4-5,11-13H,3,6-10H2,1-2H3. The second-order valence-electron chi connectivity index (χ2n) is 6.45. The van der Waals surface area contributed by atoms with Gasteiger partial charge in [0.1, 0.15) is 23.1 Å². The number of nitrogens with zero attached hydrogens (tertiary/aromatic N) is 5. The van der Waals surface area contributed by atoms with E-state index >= 15 is 0 Å². The number of hydrogen-bond acceptors (Lipinski definition) is 8. The zero-order valence-electron chi connectivity index (χ0n) is 15.9. The number of nitro groups is 1. The first-order chi connectivity index (χ1) is 13.5. The van der Waals surface area contributed by atoms with Gasteiger partial charge in [-0.05, 0) is 19.9 Å². The molecule has 1 saturated heterocycles. The molecule has 1 amide bonds. The smallest absolute Gasteiger partial charge is 0.287 e. The zero-order chi connectivity index (χ0) is 20.1. The first-order valence-electron chi connectivity index (χ1n) is 9.17. The number of carbonyl (C=O) groups excluding carboxylic acids is 1. The molecule has 2 aromatic rings. The number of rotatable bonds is 7. The average Bonchev–Trinajstić information content (AvgIpc) is 3.17. The Hall–Kier alpha value is -2.59. The van der Waals surface area contributed by atoms with Gasteiger partial charge in [0.05, 0.1) is 17.0 Å². The van der Waals surface area contributed by atoms with Crippen molar-refractivity contribution >= 4 is 28.7 Å². The molecule has 3 rings (SSSR count). The summed E-state index contributed by atoms with van der Waals surface area (Å²) in [6.45, 7) is 6.98. The van der Waals surface area contributed by atoms with Gasteiger partial charge in [-0.3, -0.25) is 14.9 Å². The number of thiazole rings is 1. The van der Waals surface area contributed by atoms with E-state index in [4.69, 9.17) is 4.74 Å². The first kappa shape index (κ1) is 20.2. The van der Waals surface area contributed by atoms with Crippen LogP contribution in [0.3, 0.4) is 0 Å². The molecule has 28 heavy (non-hydrogen) atoms. The van der Waals surface area contributed by atoms with Crippen molar-refractivity contribution in [1.29, 1.82) is 0 Å². The molecule has 150 valence electrons. The Labute approximate surface area is 167 Å². The molecule has 9 nitrogen and oxygen atoms in total. The third-order valence-corrected chi connectivity index (χ3v) is 5.62. The summed E-state index contributed by atoms with van der Waals surface area (Å²) < 4.78 is 5.54. The van der Waals surface area contributed by atoms with Crippen molar-refractivity contribution < 1.29 is 14.5 Å². The van der Waals surface area contributed by atoms with Gasteiger partial charge in [-0.2, -0.15) is 0 Å². The number of aromatic nitrogens is 2. The maximum atomic E-state index is 12.6. The molecule has 0 aliphatic carbocycles. The number of carbonyl (C=O) groups is 1. The number of amides is 1. The summed E-state index contributed by atoms with van der Waals surface area (Å²) in [7, 11) is 0. The van der Waals surface area contributed by atoms with Crippen molar-refractivity contribution in [1.82, 2.24) is 14.9 Å². The highest BCUT2D eigenvalue weighted by atomic mass is 32.1. The van der Waals surface area contributed by atoms with Crippen LogP contribution in [0.5, 0.6) is 0 Å². The molecule has 0 radical (unpaired) electrons. The fraction of sp³-hybridized carbons (Fsp3) is 0.500. The molecule has 1 atom stereocenters. The minimum Gasteiger partial charge on any atom is -0.372 e. The lowest BCUT2D eigenvalue weighted by atomic mass is 10.2. The summed E-state index contributed by atoms with van der Waals surface area (Å²) in [5.74, 6) is 0.740. The predicted molar refractivity (Wildman–Crippen MR) is 106 cm³/mol. The van der Waals surface area contributed by atoms with Crippen LogP contribution in [0, 0.1) is 10.1 Å². The van der Waals surface area contributed by atoms with E-state index in [-0.39, 0.29) is 24.1 Å². The first-order valence-corrected chi connectivity index (χ1v) is 10.0. The molecule has 0 spiro atoms. The molecule has 3 heterocycles. The Kier molecular flexibility index (Phi) is 6.53. The monoisotopic (exact) mass is 405 g/mol. The maximum absolute atomic E-state index is 12.6. The molecule has 1 fully saturated rings. The molecule has 1 aliphatic rings. The lowest BCUT2D eigenvalue weighted by Crippen LogP contribution is -2.49. The molecular formula is C18H23N5O4S. The van der Waals surface area contributed by atoms with Crippen molar-refractivity contribution in [2.45, 2.75) is 26.4 Å². The third-order valence-electron chi connectivity index (χ3n) is 4.57. The van der Waals surface area contributed by atoms with Crippen molar-refractivity contribution in [3.8, 4) is 0 Å². The van der Waals surface area contributed by atoms with Gasteiger partial charge in [0.15, 0.2) is 0 Å². The summed E-state index contributed by atoms with van der Waals surface area (Å²) in [5.41, 5.74) is 0.745. The van der Waals surface area contributed by atoms with E-state index in [1.165, 1.54) is 23.6 Å². The quantitative estimate of drug-likeness (QED) is 0.515. The van der Waals surface area contributed by atoms with Gasteiger partial charge in [-0.25, -0.2) is 9.97 Å². The normalized spacial score (nSPS) is 15.5. The van der Waals surface area contributed by atoms with Crippen LogP contribution in [-0.2, 0) is 16.0 Å². The number of pyridine rings is 1. The molecule has 10 heteroatoms. The summed E-state index contributed by atoms with van der Waals surface area (Å²) in [5, 5.41) is 13.5. The Bertz CT molecular complexity index is 818. The zero-order valence-corrected chi connectivity index (χ0v) is 16.7. The fourth-order valence-corrected chi connectivity index (χ4v) is 3.86. The molecular weight excluding hydrogens is 382 g/mol. The maximum Gasteiger partial charge on any atom is 0.287 e. The Balaban J connectivity index is 1.51. The highest BCUT2D eigenvalue weighted by Crippen LogP contribution is 2.22. The number of piperazine rings is 1. The van der Waals surface area contributed by atoms with Crippen molar-refractivity contribution in [2.75, 3.05) is 37.7 Å². The lowest BCUT2D eigenvalue weighted by molar-refractivity contribution is -0.385. The summed E-state index contributed by atoms with van der Waals surface area (Å²) in [4.78, 5) is 35.4. The molecule has 0 N–H and O–H groups in total. The SMILES string of the molecule is CCOC(C)c1nc(CC(=O)N2CCN(c3ccc([N+](=O)[O-])cn3)CC2)cs1. The van der Waals surface area contributed by atoms with Gasteiger partial charge in [0.25, 0.3) is 5.69 Å². The van der Waals surface area contributed by atoms with Crippen LogP contribution in [0.15, 0.2) is 23.7 Å². The van der Waals surface area contributed by atoms with Gasteiger partial charge in [-0.15, -0.1) is 11.3 Å². The van der Waals surface area contributed by atoms with Gasteiger partial charge in [0, 0.05) is 44.2 Å². The van der Waals surface area contributed by atoms with E-state index in [0.717, 1.165) is 10.7 Å². The molecule has 1 unspecified atom stereocenters. The molecule has 0 bridgehead atoms.